The maximum Gasteiger partial charge on any atom is 0.410 e. The second-order valence-corrected chi connectivity index (χ2v) is 8.78. The van der Waals surface area contributed by atoms with E-state index in [-0.39, 0.29) is 36.4 Å². The summed E-state index contributed by atoms with van der Waals surface area (Å²) in [6.45, 7) is 7.54. The zero-order valence-corrected chi connectivity index (χ0v) is 17.4. The standard InChI is InChI=1S/C22H30N2O5/c1-22(2,3)29-21(27)24-12-9-17(13-24)19(25)23-11-10-18(14-23)20(26)28-15-16-7-5-4-6-8-16/h4-8,17-18H,9-15H2,1-3H3/t17-,18-/m1/s1. The predicted octanol–water partition coefficient (Wildman–Crippen LogP) is 2.84. The van der Waals surface area contributed by atoms with Crippen LogP contribution in [0.4, 0.5) is 4.79 Å². The van der Waals surface area contributed by atoms with E-state index < -0.39 is 5.60 Å². The molecule has 7 heteroatoms. The van der Waals surface area contributed by atoms with Crippen molar-refractivity contribution in [3.8, 4) is 0 Å². The summed E-state index contributed by atoms with van der Waals surface area (Å²) in [5.41, 5.74) is 0.390. The lowest BCUT2D eigenvalue weighted by molar-refractivity contribution is -0.149. The Labute approximate surface area is 171 Å². The molecule has 0 bridgehead atoms. The lowest BCUT2D eigenvalue weighted by Gasteiger charge is -2.25. The number of amides is 2. The second-order valence-electron chi connectivity index (χ2n) is 8.78. The Kier molecular flexibility index (Phi) is 6.45. The third kappa shape index (κ3) is 5.71. The van der Waals surface area contributed by atoms with E-state index in [1.807, 2.05) is 51.1 Å². The predicted molar refractivity (Wildman–Crippen MR) is 107 cm³/mol. The largest absolute Gasteiger partial charge is 0.461 e. The maximum absolute atomic E-state index is 12.8. The summed E-state index contributed by atoms with van der Waals surface area (Å²) in [5, 5.41) is 0. The quantitative estimate of drug-likeness (QED) is 0.724. The molecule has 2 heterocycles. The molecule has 2 amide bonds. The van der Waals surface area contributed by atoms with Crippen molar-refractivity contribution >= 4 is 18.0 Å². The fourth-order valence-corrected chi connectivity index (χ4v) is 3.71. The molecule has 1 aromatic rings. The van der Waals surface area contributed by atoms with Gasteiger partial charge in [0.05, 0.1) is 11.8 Å². The van der Waals surface area contributed by atoms with Gasteiger partial charge in [0.15, 0.2) is 0 Å². The van der Waals surface area contributed by atoms with Crippen LogP contribution in [0, 0.1) is 11.8 Å². The van der Waals surface area contributed by atoms with Crippen molar-refractivity contribution in [1.82, 2.24) is 9.80 Å². The van der Waals surface area contributed by atoms with Crippen molar-refractivity contribution in [2.24, 2.45) is 11.8 Å². The zero-order chi connectivity index (χ0) is 21.0. The third-order valence-corrected chi connectivity index (χ3v) is 5.25. The maximum atomic E-state index is 12.8. The minimum Gasteiger partial charge on any atom is -0.461 e. The minimum atomic E-state index is -0.554. The lowest BCUT2D eigenvalue weighted by Crippen LogP contribution is -2.39. The number of ether oxygens (including phenoxy) is 2. The van der Waals surface area contributed by atoms with Crippen molar-refractivity contribution in [3.05, 3.63) is 35.9 Å². The molecular formula is C22H30N2O5. The molecule has 0 saturated carbocycles. The van der Waals surface area contributed by atoms with Gasteiger partial charge in [-0.3, -0.25) is 9.59 Å². The minimum absolute atomic E-state index is 0.00872. The van der Waals surface area contributed by atoms with Crippen LogP contribution in [-0.4, -0.2) is 59.5 Å². The van der Waals surface area contributed by atoms with Gasteiger partial charge in [-0.25, -0.2) is 4.79 Å². The number of carbonyl (C=O) groups is 3. The first-order valence-corrected chi connectivity index (χ1v) is 10.2. The van der Waals surface area contributed by atoms with Crippen LogP contribution in [0.15, 0.2) is 30.3 Å². The summed E-state index contributed by atoms with van der Waals surface area (Å²) >= 11 is 0. The molecule has 0 unspecified atom stereocenters. The fraction of sp³-hybridized carbons (Fsp3) is 0.591. The molecule has 0 spiro atoms. The van der Waals surface area contributed by atoms with E-state index in [2.05, 4.69) is 0 Å². The van der Waals surface area contributed by atoms with Gasteiger partial charge in [0.1, 0.15) is 12.2 Å². The van der Waals surface area contributed by atoms with Crippen molar-refractivity contribution in [2.45, 2.75) is 45.8 Å². The molecule has 29 heavy (non-hydrogen) atoms. The summed E-state index contributed by atoms with van der Waals surface area (Å²) in [6, 6.07) is 9.55. The Morgan fingerprint density at radius 1 is 0.966 bits per heavy atom. The summed E-state index contributed by atoms with van der Waals surface area (Å²) in [6.07, 6.45) is 0.858. The number of nitrogens with zero attached hydrogens (tertiary/aromatic N) is 2. The van der Waals surface area contributed by atoms with Crippen molar-refractivity contribution < 1.29 is 23.9 Å². The number of hydrogen-bond acceptors (Lipinski definition) is 5. The van der Waals surface area contributed by atoms with Crippen LogP contribution in [0.3, 0.4) is 0 Å². The molecule has 2 saturated heterocycles. The van der Waals surface area contributed by atoms with E-state index in [4.69, 9.17) is 9.47 Å². The average Bonchev–Trinajstić information content (AvgIpc) is 3.35. The highest BCUT2D eigenvalue weighted by molar-refractivity contribution is 5.82. The van der Waals surface area contributed by atoms with Gasteiger partial charge >= 0.3 is 12.1 Å². The highest BCUT2D eigenvalue weighted by Crippen LogP contribution is 2.25. The first-order chi connectivity index (χ1) is 13.7. The van der Waals surface area contributed by atoms with Gasteiger partial charge in [0.2, 0.25) is 5.91 Å². The Bertz CT molecular complexity index is 743. The van der Waals surface area contributed by atoms with Crippen LogP contribution in [-0.2, 0) is 25.7 Å². The number of carbonyl (C=O) groups excluding carboxylic acids is 3. The van der Waals surface area contributed by atoms with Crippen molar-refractivity contribution in [2.75, 3.05) is 26.2 Å². The molecule has 0 aromatic heterocycles. The van der Waals surface area contributed by atoms with Crippen LogP contribution >= 0.6 is 0 Å². The number of rotatable bonds is 4. The molecule has 0 N–H and O–H groups in total. The van der Waals surface area contributed by atoms with Crippen LogP contribution in [0.25, 0.3) is 0 Å². The summed E-state index contributed by atoms with van der Waals surface area (Å²) in [5.74, 6) is -0.770. The molecule has 1 aromatic carbocycles. The number of hydrogen-bond donors (Lipinski definition) is 0. The molecule has 7 nitrogen and oxygen atoms in total. The van der Waals surface area contributed by atoms with Gasteiger partial charge in [-0.2, -0.15) is 0 Å². The molecule has 0 radical (unpaired) electrons. The number of likely N-dealkylation sites (tertiary alicyclic amines) is 2. The lowest BCUT2D eigenvalue weighted by atomic mass is 10.1. The van der Waals surface area contributed by atoms with Gasteiger partial charge < -0.3 is 19.3 Å². The topological polar surface area (TPSA) is 76.2 Å². The molecule has 0 aliphatic carbocycles. The molecule has 3 rings (SSSR count). The summed E-state index contributed by atoms with van der Waals surface area (Å²) in [7, 11) is 0. The van der Waals surface area contributed by atoms with Crippen LogP contribution in [0.5, 0.6) is 0 Å². The summed E-state index contributed by atoms with van der Waals surface area (Å²) in [4.78, 5) is 40.7. The van der Waals surface area contributed by atoms with Gasteiger partial charge in [-0.1, -0.05) is 30.3 Å². The smallest absolute Gasteiger partial charge is 0.410 e. The molecule has 2 aliphatic heterocycles. The Hall–Kier alpha value is -2.57. The monoisotopic (exact) mass is 402 g/mol. The Morgan fingerprint density at radius 3 is 2.28 bits per heavy atom. The number of esters is 1. The first-order valence-electron chi connectivity index (χ1n) is 10.2. The zero-order valence-electron chi connectivity index (χ0n) is 17.4. The molecule has 2 fully saturated rings. The van der Waals surface area contributed by atoms with Gasteiger partial charge in [-0.05, 0) is 39.2 Å². The van der Waals surface area contributed by atoms with E-state index in [0.717, 1.165) is 5.56 Å². The summed E-state index contributed by atoms with van der Waals surface area (Å²) < 4.78 is 10.8. The normalized spacial score (nSPS) is 21.9. The highest BCUT2D eigenvalue weighted by atomic mass is 16.6. The fourth-order valence-electron chi connectivity index (χ4n) is 3.71. The third-order valence-electron chi connectivity index (χ3n) is 5.25. The molecule has 2 atom stereocenters. The van der Waals surface area contributed by atoms with E-state index in [1.165, 1.54) is 0 Å². The molecule has 158 valence electrons. The van der Waals surface area contributed by atoms with E-state index in [0.29, 0.717) is 39.0 Å². The van der Waals surface area contributed by atoms with E-state index in [1.54, 1.807) is 9.80 Å². The Balaban J connectivity index is 1.45. The Morgan fingerprint density at radius 2 is 1.59 bits per heavy atom. The van der Waals surface area contributed by atoms with E-state index >= 15 is 0 Å². The van der Waals surface area contributed by atoms with Crippen LogP contribution in [0.2, 0.25) is 0 Å². The van der Waals surface area contributed by atoms with E-state index in [9.17, 15) is 14.4 Å². The average molecular weight is 402 g/mol. The van der Waals surface area contributed by atoms with Gasteiger partial charge in [-0.15, -0.1) is 0 Å². The van der Waals surface area contributed by atoms with Crippen LogP contribution in [0.1, 0.15) is 39.2 Å². The van der Waals surface area contributed by atoms with Crippen LogP contribution < -0.4 is 0 Å². The number of benzene rings is 1. The second kappa shape index (κ2) is 8.84. The van der Waals surface area contributed by atoms with Crippen molar-refractivity contribution in [1.29, 1.82) is 0 Å². The van der Waals surface area contributed by atoms with Crippen molar-refractivity contribution in [3.63, 3.8) is 0 Å². The SMILES string of the molecule is CC(C)(C)OC(=O)N1CC[C@@H](C(=O)N2CC[C@@H](C(=O)OCc3ccccc3)C2)C1. The first kappa shape index (κ1) is 21.1. The van der Waals surface area contributed by atoms with Gasteiger partial charge in [0, 0.05) is 26.2 Å². The molecular weight excluding hydrogens is 372 g/mol. The highest BCUT2D eigenvalue weighted by Gasteiger charge is 2.39. The van der Waals surface area contributed by atoms with Gasteiger partial charge in [0.25, 0.3) is 0 Å². The molecule has 2 aliphatic rings.